The van der Waals surface area contributed by atoms with Crippen molar-refractivity contribution in [3.05, 3.63) is 62.7 Å². The number of anilines is 1. The molecule has 0 aliphatic rings. The minimum atomic E-state index is -0.594. The minimum Gasteiger partial charge on any atom is -0.455 e. The maximum Gasteiger partial charge on any atom is 0.316 e. The van der Waals surface area contributed by atoms with Gasteiger partial charge in [0.1, 0.15) is 5.82 Å². The standard InChI is InChI=1S/C19H12Cl3FN2O3S2/c20-12-5-6-14(18(22)17(12)21)29-9-16(27)28-7-15(26)25-19-24-13(8-30-19)10-1-3-11(23)4-2-10/h1-6,8H,7,9H2,(H,24,25,26). The molecule has 1 N–H and O–H groups in total. The summed E-state index contributed by atoms with van der Waals surface area (Å²) in [5.74, 6) is -1.52. The van der Waals surface area contributed by atoms with E-state index < -0.39 is 18.5 Å². The second-order valence-corrected chi connectivity index (χ2v) is 8.75. The number of esters is 1. The van der Waals surface area contributed by atoms with Crippen molar-refractivity contribution in [2.45, 2.75) is 4.90 Å². The van der Waals surface area contributed by atoms with Crippen LogP contribution in [0.5, 0.6) is 0 Å². The zero-order valence-corrected chi connectivity index (χ0v) is 18.9. The molecule has 0 aliphatic carbocycles. The fourth-order valence-corrected chi connectivity index (χ4v) is 4.42. The van der Waals surface area contributed by atoms with Gasteiger partial charge in [-0.25, -0.2) is 9.37 Å². The van der Waals surface area contributed by atoms with Crippen LogP contribution in [0.2, 0.25) is 15.1 Å². The lowest BCUT2D eigenvalue weighted by Crippen LogP contribution is -2.21. The number of rotatable bonds is 7. The first-order chi connectivity index (χ1) is 14.3. The summed E-state index contributed by atoms with van der Waals surface area (Å²) in [5, 5.41) is 5.39. The Balaban J connectivity index is 1.46. The number of amides is 1. The van der Waals surface area contributed by atoms with Crippen molar-refractivity contribution in [1.29, 1.82) is 0 Å². The number of carbonyl (C=O) groups excluding carboxylic acids is 2. The molecule has 2 aromatic carbocycles. The molecule has 0 radical (unpaired) electrons. The van der Waals surface area contributed by atoms with Crippen LogP contribution in [0.15, 0.2) is 46.7 Å². The van der Waals surface area contributed by atoms with Crippen molar-refractivity contribution < 1.29 is 18.7 Å². The van der Waals surface area contributed by atoms with Gasteiger partial charge in [0, 0.05) is 15.8 Å². The topological polar surface area (TPSA) is 68.3 Å². The minimum absolute atomic E-state index is 0.0586. The first-order valence-electron chi connectivity index (χ1n) is 8.26. The molecule has 0 atom stereocenters. The number of thioether (sulfide) groups is 1. The van der Waals surface area contributed by atoms with Crippen LogP contribution in [-0.4, -0.2) is 29.2 Å². The number of thiazole rings is 1. The molecule has 0 unspecified atom stereocenters. The first kappa shape index (κ1) is 22.8. The Morgan fingerprint density at radius 3 is 2.57 bits per heavy atom. The molecule has 0 spiro atoms. The van der Waals surface area contributed by atoms with Crippen LogP contribution in [0.1, 0.15) is 0 Å². The summed E-state index contributed by atoms with van der Waals surface area (Å²) >= 11 is 20.2. The van der Waals surface area contributed by atoms with E-state index in [2.05, 4.69) is 10.3 Å². The number of carbonyl (C=O) groups is 2. The summed E-state index contributed by atoms with van der Waals surface area (Å²) in [4.78, 5) is 28.7. The molecule has 11 heteroatoms. The summed E-state index contributed by atoms with van der Waals surface area (Å²) < 4.78 is 18.0. The predicted molar refractivity (Wildman–Crippen MR) is 119 cm³/mol. The van der Waals surface area contributed by atoms with E-state index in [0.717, 1.165) is 17.3 Å². The molecule has 1 amide bonds. The van der Waals surface area contributed by atoms with Gasteiger partial charge in [0.05, 0.1) is 26.5 Å². The van der Waals surface area contributed by atoms with Crippen LogP contribution >= 0.6 is 57.9 Å². The van der Waals surface area contributed by atoms with E-state index in [-0.39, 0.29) is 21.6 Å². The largest absolute Gasteiger partial charge is 0.455 e. The predicted octanol–water partition coefficient (Wildman–Crippen LogP) is 6.18. The van der Waals surface area contributed by atoms with Crippen LogP contribution in [0.4, 0.5) is 9.52 Å². The van der Waals surface area contributed by atoms with Gasteiger partial charge < -0.3 is 4.74 Å². The molecule has 3 aromatic rings. The summed E-state index contributed by atoms with van der Waals surface area (Å²) in [6.07, 6.45) is 0. The van der Waals surface area contributed by atoms with Gasteiger partial charge in [-0.05, 0) is 36.4 Å². The molecule has 30 heavy (non-hydrogen) atoms. The van der Waals surface area contributed by atoms with E-state index in [1.165, 1.54) is 23.5 Å². The van der Waals surface area contributed by atoms with Crippen LogP contribution in [0.25, 0.3) is 11.3 Å². The summed E-state index contributed by atoms with van der Waals surface area (Å²) in [6, 6.07) is 9.06. The Labute approximate surface area is 194 Å². The molecule has 156 valence electrons. The fourth-order valence-electron chi connectivity index (χ4n) is 2.18. The van der Waals surface area contributed by atoms with Gasteiger partial charge >= 0.3 is 5.97 Å². The van der Waals surface area contributed by atoms with E-state index in [1.807, 2.05) is 0 Å². The van der Waals surface area contributed by atoms with Crippen molar-refractivity contribution in [2.24, 2.45) is 0 Å². The highest BCUT2D eigenvalue weighted by Crippen LogP contribution is 2.37. The molecule has 0 aliphatic heterocycles. The van der Waals surface area contributed by atoms with Crippen LogP contribution in [0.3, 0.4) is 0 Å². The van der Waals surface area contributed by atoms with Gasteiger partial charge in [0.15, 0.2) is 11.7 Å². The SMILES string of the molecule is O=C(COC(=O)CSc1ccc(Cl)c(Cl)c1Cl)Nc1nc(-c2ccc(F)cc2)cs1. The zero-order chi connectivity index (χ0) is 21.7. The maximum absolute atomic E-state index is 13.0. The second kappa shape index (κ2) is 10.5. The lowest BCUT2D eigenvalue weighted by Gasteiger charge is -2.07. The number of ether oxygens (including phenoxy) is 1. The average molecular weight is 506 g/mol. The highest BCUT2D eigenvalue weighted by atomic mass is 35.5. The number of hydrogen-bond acceptors (Lipinski definition) is 6. The third-order valence-corrected chi connectivity index (χ3v) is 6.79. The summed E-state index contributed by atoms with van der Waals surface area (Å²) in [7, 11) is 0. The molecule has 0 bridgehead atoms. The van der Waals surface area contributed by atoms with Crippen molar-refractivity contribution in [1.82, 2.24) is 4.98 Å². The van der Waals surface area contributed by atoms with E-state index in [0.29, 0.717) is 20.7 Å². The average Bonchev–Trinajstić information content (AvgIpc) is 3.19. The van der Waals surface area contributed by atoms with Gasteiger partial charge in [-0.15, -0.1) is 23.1 Å². The van der Waals surface area contributed by atoms with E-state index >= 15 is 0 Å². The first-order valence-corrected chi connectivity index (χ1v) is 11.3. The normalized spacial score (nSPS) is 10.7. The number of benzene rings is 2. The highest BCUT2D eigenvalue weighted by Gasteiger charge is 2.14. The molecule has 1 aromatic heterocycles. The molecule has 5 nitrogen and oxygen atoms in total. The van der Waals surface area contributed by atoms with Crippen molar-refractivity contribution >= 4 is 74.9 Å². The zero-order valence-electron chi connectivity index (χ0n) is 15.0. The Bertz CT molecular complexity index is 1080. The number of nitrogens with zero attached hydrogens (tertiary/aromatic N) is 1. The van der Waals surface area contributed by atoms with Crippen LogP contribution in [0, 0.1) is 5.82 Å². The van der Waals surface area contributed by atoms with Gasteiger partial charge in [-0.3, -0.25) is 14.9 Å². The van der Waals surface area contributed by atoms with Gasteiger partial charge in [0.2, 0.25) is 0 Å². The molecular formula is C19H12Cl3FN2O3S2. The van der Waals surface area contributed by atoms with Crippen molar-refractivity contribution in [3.8, 4) is 11.3 Å². The number of nitrogens with one attached hydrogen (secondary N) is 1. The van der Waals surface area contributed by atoms with E-state index in [4.69, 9.17) is 39.5 Å². The monoisotopic (exact) mass is 504 g/mol. The fraction of sp³-hybridized carbons (Fsp3) is 0.105. The number of halogens is 4. The third kappa shape index (κ3) is 6.09. The molecular weight excluding hydrogens is 494 g/mol. The lowest BCUT2D eigenvalue weighted by molar-refractivity contribution is -0.144. The number of aromatic nitrogens is 1. The smallest absolute Gasteiger partial charge is 0.316 e. The van der Waals surface area contributed by atoms with Crippen molar-refractivity contribution in [3.63, 3.8) is 0 Å². The number of hydrogen-bond donors (Lipinski definition) is 1. The Morgan fingerprint density at radius 1 is 1.10 bits per heavy atom. The maximum atomic E-state index is 13.0. The molecule has 3 rings (SSSR count). The Kier molecular flexibility index (Phi) is 7.96. The Hall–Kier alpha value is -1.84. The van der Waals surface area contributed by atoms with Gasteiger partial charge in [0.25, 0.3) is 5.91 Å². The lowest BCUT2D eigenvalue weighted by atomic mass is 10.2. The van der Waals surface area contributed by atoms with Crippen molar-refractivity contribution in [2.75, 3.05) is 17.7 Å². The van der Waals surface area contributed by atoms with Gasteiger partial charge in [-0.1, -0.05) is 34.8 Å². The highest BCUT2D eigenvalue weighted by molar-refractivity contribution is 8.00. The molecule has 1 heterocycles. The Morgan fingerprint density at radius 2 is 1.83 bits per heavy atom. The van der Waals surface area contributed by atoms with Crippen LogP contribution < -0.4 is 5.32 Å². The summed E-state index contributed by atoms with van der Waals surface area (Å²) in [5.41, 5.74) is 1.32. The summed E-state index contributed by atoms with van der Waals surface area (Å²) in [6.45, 7) is -0.458. The quantitative estimate of drug-likeness (QED) is 0.236. The van der Waals surface area contributed by atoms with Gasteiger partial charge in [-0.2, -0.15) is 0 Å². The molecule has 0 saturated carbocycles. The van der Waals surface area contributed by atoms with Crippen LogP contribution in [-0.2, 0) is 14.3 Å². The third-order valence-electron chi connectivity index (χ3n) is 3.60. The van der Waals surface area contributed by atoms with E-state index in [1.54, 1.807) is 29.6 Å². The second-order valence-electron chi connectivity index (χ2n) is 5.72. The van der Waals surface area contributed by atoms with E-state index in [9.17, 15) is 14.0 Å². The molecule has 0 saturated heterocycles. The molecule has 0 fully saturated rings.